The van der Waals surface area contributed by atoms with Gasteiger partial charge in [-0.15, -0.1) is 6.42 Å². The van der Waals surface area contributed by atoms with Crippen LogP contribution in [0.15, 0.2) is 0 Å². The Kier molecular flexibility index (Phi) is 5.54. The van der Waals surface area contributed by atoms with Gasteiger partial charge in [0.2, 0.25) is 0 Å². The van der Waals surface area contributed by atoms with Crippen molar-refractivity contribution in [1.29, 1.82) is 0 Å². The highest BCUT2D eigenvalue weighted by molar-refractivity contribution is 4.82. The summed E-state index contributed by atoms with van der Waals surface area (Å²) in [6, 6.07) is 0. The molecule has 0 aromatic carbocycles. The molecule has 74 valence electrons. The molecule has 4 nitrogen and oxygen atoms in total. The first-order valence-electron chi connectivity index (χ1n) is 4.25. The summed E-state index contributed by atoms with van der Waals surface area (Å²) in [5.74, 6) is 2.37. The van der Waals surface area contributed by atoms with Crippen molar-refractivity contribution in [1.82, 2.24) is 0 Å². The Morgan fingerprint density at radius 3 is 3.00 bits per heavy atom. The lowest BCUT2D eigenvalue weighted by Crippen LogP contribution is -2.31. The third-order valence-corrected chi connectivity index (χ3v) is 1.50. The lowest BCUT2D eigenvalue weighted by atomic mass is 10.6. The largest absolute Gasteiger partial charge is 0.374 e. The van der Waals surface area contributed by atoms with Crippen LogP contribution >= 0.6 is 0 Å². The first kappa shape index (κ1) is 10.5. The van der Waals surface area contributed by atoms with Crippen LogP contribution in [-0.2, 0) is 18.9 Å². The fourth-order valence-electron chi connectivity index (χ4n) is 0.932. The van der Waals surface area contributed by atoms with Crippen LogP contribution in [0.2, 0.25) is 0 Å². The number of rotatable bonds is 5. The Morgan fingerprint density at radius 2 is 2.31 bits per heavy atom. The summed E-state index contributed by atoms with van der Waals surface area (Å²) in [5, 5.41) is 0. The Morgan fingerprint density at radius 1 is 1.38 bits per heavy atom. The molecule has 0 aliphatic carbocycles. The number of ether oxygens (including phenoxy) is 4. The normalized spacial score (nSPS) is 22.5. The SMILES string of the molecule is C#CCOCCOC1COCCO1. The maximum absolute atomic E-state index is 5.29. The van der Waals surface area contributed by atoms with Gasteiger partial charge in [0.15, 0.2) is 6.29 Å². The molecular formula is C9H14O4. The summed E-state index contributed by atoms with van der Waals surface area (Å²) in [4.78, 5) is 0. The maximum atomic E-state index is 5.29. The minimum Gasteiger partial charge on any atom is -0.374 e. The Balaban J connectivity index is 1.90. The third kappa shape index (κ3) is 4.86. The molecule has 0 spiro atoms. The summed E-state index contributed by atoms with van der Waals surface area (Å²) < 4.78 is 20.7. The lowest BCUT2D eigenvalue weighted by Gasteiger charge is -2.22. The van der Waals surface area contributed by atoms with Gasteiger partial charge in [0.05, 0.1) is 33.0 Å². The Hall–Kier alpha value is -0.600. The van der Waals surface area contributed by atoms with E-state index in [0.717, 1.165) is 0 Å². The van der Waals surface area contributed by atoms with E-state index in [-0.39, 0.29) is 6.29 Å². The molecule has 1 unspecified atom stereocenters. The third-order valence-electron chi connectivity index (χ3n) is 1.50. The van der Waals surface area contributed by atoms with E-state index in [2.05, 4.69) is 5.92 Å². The van der Waals surface area contributed by atoms with Crippen LogP contribution in [0.4, 0.5) is 0 Å². The lowest BCUT2D eigenvalue weighted by molar-refractivity contribution is -0.214. The van der Waals surface area contributed by atoms with E-state index >= 15 is 0 Å². The summed E-state index contributed by atoms with van der Waals surface area (Å²) >= 11 is 0. The highest BCUT2D eigenvalue weighted by Gasteiger charge is 2.13. The topological polar surface area (TPSA) is 36.9 Å². The highest BCUT2D eigenvalue weighted by Crippen LogP contribution is 2.01. The summed E-state index contributed by atoms with van der Waals surface area (Å²) in [7, 11) is 0. The second-order valence-electron chi connectivity index (χ2n) is 2.50. The van der Waals surface area contributed by atoms with Crippen LogP contribution < -0.4 is 0 Å². The average molecular weight is 186 g/mol. The van der Waals surface area contributed by atoms with Gasteiger partial charge in [-0.05, 0) is 0 Å². The zero-order valence-corrected chi connectivity index (χ0v) is 7.53. The van der Waals surface area contributed by atoms with Gasteiger partial charge in [-0.3, -0.25) is 0 Å². The van der Waals surface area contributed by atoms with E-state index in [1.165, 1.54) is 0 Å². The molecule has 1 atom stereocenters. The van der Waals surface area contributed by atoms with Gasteiger partial charge < -0.3 is 18.9 Å². The van der Waals surface area contributed by atoms with E-state index in [1.54, 1.807) is 0 Å². The summed E-state index contributed by atoms with van der Waals surface area (Å²) in [6.07, 6.45) is 4.75. The first-order valence-corrected chi connectivity index (χ1v) is 4.25. The van der Waals surface area contributed by atoms with Gasteiger partial charge in [0, 0.05) is 0 Å². The average Bonchev–Trinajstić information content (AvgIpc) is 2.19. The van der Waals surface area contributed by atoms with E-state index in [4.69, 9.17) is 25.4 Å². The summed E-state index contributed by atoms with van der Waals surface area (Å²) in [6.45, 7) is 3.03. The molecule has 0 saturated carbocycles. The Bertz CT molecular complexity index is 157. The minimum atomic E-state index is -0.247. The van der Waals surface area contributed by atoms with Crippen LogP contribution in [-0.4, -0.2) is 45.9 Å². The monoisotopic (exact) mass is 186 g/mol. The first-order chi connectivity index (χ1) is 6.43. The minimum absolute atomic E-state index is 0.247. The van der Waals surface area contributed by atoms with Crippen LogP contribution in [0.3, 0.4) is 0 Å². The molecule has 0 radical (unpaired) electrons. The zero-order valence-electron chi connectivity index (χ0n) is 7.53. The van der Waals surface area contributed by atoms with Crippen LogP contribution in [0.1, 0.15) is 0 Å². The van der Waals surface area contributed by atoms with Crippen molar-refractivity contribution in [2.75, 3.05) is 39.6 Å². The molecule has 13 heavy (non-hydrogen) atoms. The predicted octanol–water partition coefficient (Wildman–Crippen LogP) is 0.0257. The molecule has 0 aromatic heterocycles. The molecule has 1 heterocycles. The fourth-order valence-corrected chi connectivity index (χ4v) is 0.932. The van der Waals surface area contributed by atoms with Crippen molar-refractivity contribution in [3.63, 3.8) is 0 Å². The predicted molar refractivity (Wildman–Crippen MR) is 46.2 cm³/mol. The molecule has 1 rings (SSSR count). The number of terminal acetylenes is 1. The molecule has 1 aliphatic heterocycles. The number of hydrogen-bond donors (Lipinski definition) is 0. The van der Waals surface area contributed by atoms with E-state index in [0.29, 0.717) is 39.6 Å². The highest BCUT2D eigenvalue weighted by atomic mass is 16.7. The second kappa shape index (κ2) is 6.87. The molecule has 1 saturated heterocycles. The van der Waals surface area contributed by atoms with Gasteiger partial charge in [-0.1, -0.05) is 5.92 Å². The van der Waals surface area contributed by atoms with Crippen molar-refractivity contribution in [2.24, 2.45) is 0 Å². The Labute approximate surface area is 78.1 Å². The second-order valence-corrected chi connectivity index (χ2v) is 2.50. The molecule has 1 fully saturated rings. The van der Waals surface area contributed by atoms with Gasteiger partial charge in [0.25, 0.3) is 0 Å². The van der Waals surface area contributed by atoms with Crippen LogP contribution in [0.25, 0.3) is 0 Å². The van der Waals surface area contributed by atoms with Crippen molar-refractivity contribution in [3.8, 4) is 12.3 Å². The van der Waals surface area contributed by atoms with Crippen molar-refractivity contribution >= 4 is 0 Å². The molecule has 0 aromatic rings. The quantitative estimate of drug-likeness (QED) is 0.448. The molecule has 0 bridgehead atoms. The molecule has 1 aliphatic rings. The molecular weight excluding hydrogens is 172 g/mol. The van der Waals surface area contributed by atoms with Crippen molar-refractivity contribution in [3.05, 3.63) is 0 Å². The molecule has 0 N–H and O–H groups in total. The van der Waals surface area contributed by atoms with E-state index < -0.39 is 0 Å². The van der Waals surface area contributed by atoms with Gasteiger partial charge in [-0.2, -0.15) is 0 Å². The number of hydrogen-bond acceptors (Lipinski definition) is 4. The fraction of sp³-hybridized carbons (Fsp3) is 0.778. The van der Waals surface area contributed by atoms with Gasteiger partial charge in [0.1, 0.15) is 6.61 Å². The molecule has 4 heteroatoms. The van der Waals surface area contributed by atoms with E-state index in [1.807, 2.05) is 0 Å². The van der Waals surface area contributed by atoms with Crippen LogP contribution in [0.5, 0.6) is 0 Å². The van der Waals surface area contributed by atoms with Crippen molar-refractivity contribution < 1.29 is 18.9 Å². The van der Waals surface area contributed by atoms with Crippen LogP contribution in [0, 0.1) is 12.3 Å². The maximum Gasteiger partial charge on any atom is 0.181 e. The smallest absolute Gasteiger partial charge is 0.181 e. The molecule has 0 amide bonds. The summed E-state index contributed by atoms with van der Waals surface area (Å²) in [5.41, 5.74) is 0. The van der Waals surface area contributed by atoms with Gasteiger partial charge >= 0.3 is 0 Å². The van der Waals surface area contributed by atoms with Crippen molar-refractivity contribution in [2.45, 2.75) is 6.29 Å². The van der Waals surface area contributed by atoms with Gasteiger partial charge in [-0.25, -0.2) is 0 Å². The standard InChI is InChI=1S/C9H14O4/c1-2-3-10-4-6-12-9-8-11-5-7-13-9/h1,9H,3-8H2. The zero-order chi connectivity index (χ0) is 9.36. The van der Waals surface area contributed by atoms with E-state index in [9.17, 15) is 0 Å².